The van der Waals surface area contributed by atoms with Crippen LogP contribution >= 0.6 is 0 Å². The number of nitrogens with one attached hydrogen (secondary N) is 1. The SMILES string of the molecule is CCOc1cccc(NC2CCOC(C)(CC)C2)c1. The van der Waals surface area contributed by atoms with Crippen molar-refractivity contribution in [2.45, 2.75) is 51.7 Å². The highest BCUT2D eigenvalue weighted by molar-refractivity contribution is 5.49. The molecule has 1 aromatic rings. The molecule has 1 aromatic carbocycles. The van der Waals surface area contributed by atoms with Crippen molar-refractivity contribution in [1.29, 1.82) is 0 Å². The minimum absolute atomic E-state index is 0.0213. The highest BCUT2D eigenvalue weighted by Crippen LogP contribution is 2.30. The van der Waals surface area contributed by atoms with Gasteiger partial charge < -0.3 is 14.8 Å². The van der Waals surface area contributed by atoms with Gasteiger partial charge in [0.15, 0.2) is 0 Å². The lowest BCUT2D eigenvalue weighted by molar-refractivity contribution is -0.0708. The summed E-state index contributed by atoms with van der Waals surface area (Å²) >= 11 is 0. The number of hydrogen-bond donors (Lipinski definition) is 1. The fourth-order valence-electron chi connectivity index (χ4n) is 2.58. The third-order valence-electron chi connectivity index (χ3n) is 3.86. The van der Waals surface area contributed by atoms with Crippen LogP contribution < -0.4 is 10.1 Å². The summed E-state index contributed by atoms with van der Waals surface area (Å²) in [6.45, 7) is 7.95. The Labute approximate surface area is 116 Å². The van der Waals surface area contributed by atoms with Gasteiger partial charge in [-0.2, -0.15) is 0 Å². The Hall–Kier alpha value is -1.22. The second kappa shape index (κ2) is 6.29. The highest BCUT2D eigenvalue weighted by atomic mass is 16.5. The summed E-state index contributed by atoms with van der Waals surface area (Å²) in [6.07, 6.45) is 3.18. The number of rotatable bonds is 5. The predicted octanol–water partition coefficient (Wildman–Crippen LogP) is 3.84. The zero-order valence-electron chi connectivity index (χ0n) is 12.2. The topological polar surface area (TPSA) is 30.5 Å². The average molecular weight is 263 g/mol. The molecule has 0 aromatic heterocycles. The summed E-state index contributed by atoms with van der Waals surface area (Å²) in [5.41, 5.74) is 1.16. The lowest BCUT2D eigenvalue weighted by Gasteiger charge is -2.38. The molecular weight excluding hydrogens is 238 g/mol. The Morgan fingerprint density at radius 1 is 1.42 bits per heavy atom. The van der Waals surface area contributed by atoms with Gasteiger partial charge in [0.05, 0.1) is 12.2 Å². The van der Waals surface area contributed by atoms with Crippen LogP contribution in [0.4, 0.5) is 5.69 Å². The predicted molar refractivity (Wildman–Crippen MR) is 78.9 cm³/mol. The number of ether oxygens (including phenoxy) is 2. The first kappa shape index (κ1) is 14.2. The molecule has 1 saturated heterocycles. The molecule has 3 nitrogen and oxygen atoms in total. The standard InChI is InChI=1S/C16H25NO2/c1-4-16(3)12-14(9-10-19-16)17-13-7-6-8-15(11-13)18-5-2/h6-8,11,14,17H,4-5,9-10,12H2,1-3H3. The van der Waals surface area contributed by atoms with Gasteiger partial charge in [0.1, 0.15) is 5.75 Å². The van der Waals surface area contributed by atoms with Crippen LogP contribution in [0.15, 0.2) is 24.3 Å². The largest absolute Gasteiger partial charge is 0.494 e. The zero-order valence-corrected chi connectivity index (χ0v) is 12.2. The molecule has 2 unspecified atom stereocenters. The summed E-state index contributed by atoms with van der Waals surface area (Å²) < 4.78 is 11.4. The van der Waals surface area contributed by atoms with Crippen molar-refractivity contribution in [2.24, 2.45) is 0 Å². The van der Waals surface area contributed by atoms with Crippen molar-refractivity contribution in [1.82, 2.24) is 0 Å². The molecule has 2 rings (SSSR count). The molecule has 19 heavy (non-hydrogen) atoms. The maximum absolute atomic E-state index is 5.88. The van der Waals surface area contributed by atoms with Crippen molar-refractivity contribution >= 4 is 5.69 Å². The van der Waals surface area contributed by atoms with Crippen LogP contribution in [0.5, 0.6) is 5.75 Å². The van der Waals surface area contributed by atoms with Crippen LogP contribution in [0.25, 0.3) is 0 Å². The van der Waals surface area contributed by atoms with Gasteiger partial charge in [0, 0.05) is 24.4 Å². The maximum Gasteiger partial charge on any atom is 0.121 e. The number of hydrogen-bond acceptors (Lipinski definition) is 3. The molecule has 2 atom stereocenters. The highest BCUT2D eigenvalue weighted by Gasteiger charge is 2.31. The molecule has 0 aliphatic carbocycles. The summed E-state index contributed by atoms with van der Waals surface area (Å²) in [7, 11) is 0. The smallest absolute Gasteiger partial charge is 0.121 e. The summed E-state index contributed by atoms with van der Waals surface area (Å²) in [5, 5.41) is 3.61. The molecule has 3 heteroatoms. The first-order chi connectivity index (χ1) is 9.15. The molecular formula is C16H25NO2. The molecule has 0 spiro atoms. The second-order valence-electron chi connectivity index (χ2n) is 5.45. The van der Waals surface area contributed by atoms with Crippen LogP contribution in [0.3, 0.4) is 0 Å². The van der Waals surface area contributed by atoms with Gasteiger partial charge >= 0.3 is 0 Å². The summed E-state index contributed by atoms with van der Waals surface area (Å²) in [6, 6.07) is 8.68. The van der Waals surface area contributed by atoms with Crippen LogP contribution in [-0.4, -0.2) is 24.9 Å². The van der Waals surface area contributed by atoms with Crippen molar-refractivity contribution < 1.29 is 9.47 Å². The summed E-state index contributed by atoms with van der Waals surface area (Å²) in [5.74, 6) is 0.929. The number of anilines is 1. The third-order valence-corrected chi connectivity index (χ3v) is 3.86. The Morgan fingerprint density at radius 2 is 2.26 bits per heavy atom. The van der Waals surface area contributed by atoms with E-state index in [0.717, 1.165) is 37.3 Å². The molecule has 0 bridgehead atoms. The van der Waals surface area contributed by atoms with E-state index in [2.05, 4.69) is 31.3 Å². The van der Waals surface area contributed by atoms with Crippen molar-refractivity contribution in [2.75, 3.05) is 18.5 Å². The lowest BCUT2D eigenvalue weighted by atomic mass is 9.90. The van der Waals surface area contributed by atoms with Crippen molar-refractivity contribution in [3.8, 4) is 5.75 Å². The molecule has 1 N–H and O–H groups in total. The first-order valence-electron chi connectivity index (χ1n) is 7.28. The fourth-order valence-corrected chi connectivity index (χ4v) is 2.58. The van der Waals surface area contributed by atoms with Gasteiger partial charge in [-0.25, -0.2) is 0 Å². The molecule has 1 heterocycles. The van der Waals surface area contributed by atoms with Crippen molar-refractivity contribution in [3.63, 3.8) is 0 Å². The minimum atomic E-state index is 0.0213. The van der Waals surface area contributed by atoms with Crippen LogP contribution in [0, 0.1) is 0 Å². The summed E-state index contributed by atoms with van der Waals surface area (Å²) in [4.78, 5) is 0. The van der Waals surface area contributed by atoms with E-state index >= 15 is 0 Å². The van der Waals surface area contributed by atoms with Gasteiger partial charge in [-0.05, 0) is 45.2 Å². The van der Waals surface area contributed by atoms with Crippen LogP contribution in [-0.2, 0) is 4.74 Å². The minimum Gasteiger partial charge on any atom is -0.494 e. The molecule has 1 aliphatic rings. The van der Waals surface area contributed by atoms with Crippen LogP contribution in [0.2, 0.25) is 0 Å². The Kier molecular flexibility index (Phi) is 4.70. The first-order valence-corrected chi connectivity index (χ1v) is 7.28. The van der Waals surface area contributed by atoms with E-state index in [1.54, 1.807) is 0 Å². The monoisotopic (exact) mass is 263 g/mol. The van der Waals surface area contributed by atoms with E-state index in [9.17, 15) is 0 Å². The van der Waals surface area contributed by atoms with Gasteiger partial charge in [-0.3, -0.25) is 0 Å². The molecule has 0 radical (unpaired) electrons. The zero-order chi connectivity index (χ0) is 13.7. The van der Waals surface area contributed by atoms with E-state index in [-0.39, 0.29) is 5.60 Å². The van der Waals surface area contributed by atoms with E-state index < -0.39 is 0 Å². The lowest BCUT2D eigenvalue weighted by Crippen LogP contribution is -2.41. The quantitative estimate of drug-likeness (QED) is 0.875. The molecule has 0 amide bonds. The van der Waals surface area contributed by atoms with E-state index in [1.807, 2.05) is 19.1 Å². The van der Waals surface area contributed by atoms with Gasteiger partial charge in [-0.1, -0.05) is 13.0 Å². The van der Waals surface area contributed by atoms with Gasteiger partial charge in [0.2, 0.25) is 0 Å². The van der Waals surface area contributed by atoms with E-state index in [1.165, 1.54) is 0 Å². The normalized spacial score (nSPS) is 27.0. The Morgan fingerprint density at radius 3 is 3.00 bits per heavy atom. The molecule has 106 valence electrons. The third kappa shape index (κ3) is 3.87. The Balaban J connectivity index is 1.98. The van der Waals surface area contributed by atoms with Crippen LogP contribution in [0.1, 0.15) is 40.0 Å². The van der Waals surface area contributed by atoms with Crippen molar-refractivity contribution in [3.05, 3.63) is 24.3 Å². The molecule has 1 fully saturated rings. The van der Waals surface area contributed by atoms with E-state index in [0.29, 0.717) is 12.6 Å². The fraction of sp³-hybridized carbons (Fsp3) is 0.625. The number of benzene rings is 1. The van der Waals surface area contributed by atoms with Gasteiger partial charge in [-0.15, -0.1) is 0 Å². The molecule has 0 saturated carbocycles. The molecule has 1 aliphatic heterocycles. The Bertz CT molecular complexity index is 407. The maximum atomic E-state index is 5.88. The average Bonchev–Trinajstić information content (AvgIpc) is 2.40. The van der Waals surface area contributed by atoms with E-state index in [4.69, 9.17) is 9.47 Å². The second-order valence-corrected chi connectivity index (χ2v) is 5.45. The van der Waals surface area contributed by atoms with Gasteiger partial charge in [0.25, 0.3) is 0 Å².